The van der Waals surface area contributed by atoms with Crippen LogP contribution >= 0.6 is 0 Å². The van der Waals surface area contributed by atoms with Crippen molar-refractivity contribution in [2.24, 2.45) is 0 Å². The molecular weight excluding hydrogens is 289 g/mol. The molecule has 1 unspecified atom stereocenters. The molecule has 1 heterocycles. The minimum Gasteiger partial charge on any atom is -0.496 e. The first-order valence-corrected chi connectivity index (χ1v) is 5.80. The minimum absolute atomic E-state index is 0.0928. The van der Waals surface area contributed by atoms with Crippen LogP contribution in [0.4, 0.5) is 13.2 Å². The molecule has 1 aliphatic rings. The van der Waals surface area contributed by atoms with E-state index in [-0.39, 0.29) is 17.1 Å². The van der Waals surface area contributed by atoms with E-state index in [2.05, 4.69) is 6.58 Å². The maximum atomic E-state index is 12.9. The number of aliphatic carboxylic acids is 1. The summed E-state index contributed by atoms with van der Waals surface area (Å²) in [6.07, 6.45) is -4.94. The van der Waals surface area contributed by atoms with E-state index in [1.807, 2.05) is 0 Å². The fourth-order valence-electron chi connectivity index (χ4n) is 2.00. The third-order valence-corrected chi connectivity index (χ3v) is 2.96. The lowest BCUT2D eigenvalue weighted by atomic mass is 9.99. The second-order valence-electron chi connectivity index (χ2n) is 4.28. The summed E-state index contributed by atoms with van der Waals surface area (Å²) in [6.45, 7) is 3.56. The summed E-state index contributed by atoms with van der Waals surface area (Å²) in [5.41, 5.74) is -0.120. The van der Waals surface area contributed by atoms with Gasteiger partial charge in [0.2, 0.25) is 6.10 Å². The number of benzene rings is 1. The topological polar surface area (TPSA) is 55.8 Å². The van der Waals surface area contributed by atoms with Crippen LogP contribution in [0, 0.1) is 0 Å². The number of carboxylic acid groups (broad SMARTS) is 1. The molecule has 2 rings (SSSR count). The molecule has 4 nitrogen and oxygen atoms in total. The van der Waals surface area contributed by atoms with Crippen molar-refractivity contribution in [2.75, 3.05) is 7.11 Å². The van der Waals surface area contributed by atoms with E-state index in [1.54, 1.807) is 0 Å². The SMILES string of the molecule is C=Cc1cc2c(cc1OC)OC(C(F)(F)F)C(C(=O)O)=C2. The first kappa shape index (κ1) is 15.0. The molecule has 0 saturated carbocycles. The van der Waals surface area contributed by atoms with Crippen molar-refractivity contribution in [3.05, 3.63) is 35.4 Å². The fraction of sp³-hybridized carbons (Fsp3) is 0.214. The van der Waals surface area contributed by atoms with Crippen molar-refractivity contribution in [1.82, 2.24) is 0 Å². The normalized spacial score (nSPS) is 17.3. The van der Waals surface area contributed by atoms with Gasteiger partial charge in [-0.1, -0.05) is 12.7 Å². The minimum atomic E-state index is -4.83. The summed E-state index contributed by atoms with van der Waals surface area (Å²) < 4.78 is 48.5. The number of alkyl halides is 3. The van der Waals surface area contributed by atoms with Crippen molar-refractivity contribution in [3.63, 3.8) is 0 Å². The number of fused-ring (bicyclic) bond motifs is 1. The molecule has 1 N–H and O–H groups in total. The third-order valence-electron chi connectivity index (χ3n) is 2.96. The molecule has 1 atom stereocenters. The number of carboxylic acids is 1. The molecule has 112 valence electrons. The van der Waals surface area contributed by atoms with E-state index in [9.17, 15) is 18.0 Å². The Labute approximate surface area is 118 Å². The lowest BCUT2D eigenvalue weighted by Crippen LogP contribution is -2.40. The van der Waals surface area contributed by atoms with Gasteiger partial charge in [-0.2, -0.15) is 13.2 Å². The first-order chi connectivity index (χ1) is 9.77. The van der Waals surface area contributed by atoms with Crippen molar-refractivity contribution >= 4 is 18.1 Å². The van der Waals surface area contributed by atoms with Gasteiger partial charge < -0.3 is 14.6 Å². The van der Waals surface area contributed by atoms with Crippen molar-refractivity contribution in [2.45, 2.75) is 12.3 Å². The molecule has 7 heteroatoms. The molecule has 0 aromatic heterocycles. The van der Waals surface area contributed by atoms with Crippen LogP contribution in [0.2, 0.25) is 0 Å². The second-order valence-corrected chi connectivity index (χ2v) is 4.28. The van der Waals surface area contributed by atoms with Crippen LogP contribution in [0.25, 0.3) is 12.2 Å². The smallest absolute Gasteiger partial charge is 0.430 e. The Morgan fingerprint density at radius 3 is 2.62 bits per heavy atom. The molecule has 0 fully saturated rings. The average molecular weight is 300 g/mol. The molecule has 0 saturated heterocycles. The lowest BCUT2D eigenvalue weighted by Gasteiger charge is -2.27. The second kappa shape index (κ2) is 5.16. The zero-order valence-corrected chi connectivity index (χ0v) is 10.9. The van der Waals surface area contributed by atoms with E-state index in [0.717, 1.165) is 6.08 Å². The van der Waals surface area contributed by atoms with Crippen LogP contribution in [-0.2, 0) is 4.79 Å². The summed E-state index contributed by atoms with van der Waals surface area (Å²) in [4.78, 5) is 11.0. The van der Waals surface area contributed by atoms with Gasteiger partial charge in [0.25, 0.3) is 0 Å². The predicted octanol–water partition coefficient (Wildman–Crippen LogP) is 3.13. The Kier molecular flexibility index (Phi) is 3.67. The molecule has 1 aromatic carbocycles. The van der Waals surface area contributed by atoms with Crippen LogP contribution in [-0.4, -0.2) is 30.5 Å². The standard InChI is InChI=1S/C14H11F3O4/c1-3-7-4-8-5-9(13(18)19)12(14(15,16)17)21-11(8)6-10(7)20-2/h3-6,12H,1H2,2H3,(H,18,19). The molecule has 0 spiro atoms. The van der Waals surface area contributed by atoms with E-state index < -0.39 is 23.8 Å². The Hall–Kier alpha value is -2.44. The summed E-state index contributed by atoms with van der Waals surface area (Å²) >= 11 is 0. The Bertz CT molecular complexity index is 632. The average Bonchev–Trinajstić information content (AvgIpc) is 2.43. The van der Waals surface area contributed by atoms with Crippen molar-refractivity contribution in [1.29, 1.82) is 0 Å². The number of rotatable bonds is 3. The number of hydrogen-bond acceptors (Lipinski definition) is 3. The lowest BCUT2D eigenvalue weighted by molar-refractivity contribution is -0.187. The van der Waals surface area contributed by atoms with Crippen LogP contribution in [0.15, 0.2) is 24.3 Å². The van der Waals surface area contributed by atoms with Gasteiger partial charge in [0.15, 0.2) is 0 Å². The molecule has 0 amide bonds. The quantitative estimate of drug-likeness (QED) is 0.931. The highest BCUT2D eigenvalue weighted by Crippen LogP contribution is 2.40. The fourth-order valence-corrected chi connectivity index (χ4v) is 2.00. The predicted molar refractivity (Wildman–Crippen MR) is 69.2 cm³/mol. The van der Waals surface area contributed by atoms with E-state index >= 15 is 0 Å². The molecule has 0 aliphatic carbocycles. The maximum Gasteiger partial charge on any atom is 0.430 e. The van der Waals surface area contributed by atoms with Gasteiger partial charge in [-0.3, -0.25) is 0 Å². The number of halogens is 3. The maximum absolute atomic E-state index is 12.9. The first-order valence-electron chi connectivity index (χ1n) is 5.80. The summed E-state index contributed by atoms with van der Waals surface area (Å²) in [6, 6.07) is 2.73. The highest BCUT2D eigenvalue weighted by Gasteiger charge is 2.48. The largest absolute Gasteiger partial charge is 0.496 e. The van der Waals surface area contributed by atoms with Gasteiger partial charge >= 0.3 is 12.1 Å². The Morgan fingerprint density at radius 2 is 2.14 bits per heavy atom. The summed E-state index contributed by atoms with van der Waals surface area (Å²) in [5.74, 6) is -1.49. The summed E-state index contributed by atoms with van der Waals surface area (Å²) in [7, 11) is 1.36. The van der Waals surface area contributed by atoms with E-state index in [4.69, 9.17) is 14.6 Å². The van der Waals surface area contributed by atoms with Gasteiger partial charge in [-0.05, 0) is 12.1 Å². The van der Waals surface area contributed by atoms with Gasteiger partial charge in [0, 0.05) is 17.2 Å². The van der Waals surface area contributed by atoms with Gasteiger partial charge in [-0.15, -0.1) is 0 Å². The van der Waals surface area contributed by atoms with Crippen molar-refractivity contribution < 1.29 is 32.5 Å². The molecule has 21 heavy (non-hydrogen) atoms. The van der Waals surface area contributed by atoms with E-state index in [1.165, 1.54) is 25.3 Å². The van der Waals surface area contributed by atoms with E-state index in [0.29, 0.717) is 5.56 Å². The van der Waals surface area contributed by atoms with Gasteiger partial charge in [0.05, 0.1) is 12.7 Å². The molecule has 0 radical (unpaired) electrons. The molecule has 1 aromatic rings. The Balaban J connectivity index is 2.60. The summed E-state index contributed by atoms with van der Waals surface area (Å²) in [5, 5.41) is 8.93. The van der Waals surface area contributed by atoms with Crippen molar-refractivity contribution in [3.8, 4) is 11.5 Å². The van der Waals surface area contributed by atoms with Crippen LogP contribution in [0.1, 0.15) is 11.1 Å². The molecule has 0 bridgehead atoms. The van der Waals surface area contributed by atoms with Gasteiger partial charge in [-0.25, -0.2) is 4.79 Å². The monoisotopic (exact) mass is 300 g/mol. The zero-order chi connectivity index (χ0) is 15.8. The number of carbonyl (C=O) groups is 1. The molecular formula is C14H11F3O4. The van der Waals surface area contributed by atoms with Gasteiger partial charge in [0.1, 0.15) is 11.5 Å². The van der Waals surface area contributed by atoms with Crippen LogP contribution in [0.5, 0.6) is 11.5 Å². The van der Waals surface area contributed by atoms with Crippen LogP contribution < -0.4 is 9.47 Å². The highest BCUT2D eigenvalue weighted by molar-refractivity contribution is 5.95. The van der Waals surface area contributed by atoms with Crippen LogP contribution in [0.3, 0.4) is 0 Å². The molecule has 1 aliphatic heterocycles. The zero-order valence-electron chi connectivity index (χ0n) is 10.9. The number of ether oxygens (including phenoxy) is 2. The number of methoxy groups -OCH3 is 1. The third kappa shape index (κ3) is 2.72. The highest BCUT2D eigenvalue weighted by atomic mass is 19.4. The number of hydrogen-bond donors (Lipinski definition) is 1. The Morgan fingerprint density at radius 1 is 1.48 bits per heavy atom.